The highest BCUT2D eigenvalue weighted by Crippen LogP contribution is 2.34. The Labute approximate surface area is 113 Å². The number of hydrogen-bond acceptors (Lipinski definition) is 1. The van der Waals surface area contributed by atoms with Gasteiger partial charge in [0.05, 0.1) is 0 Å². The van der Waals surface area contributed by atoms with Gasteiger partial charge in [0.25, 0.3) is 0 Å². The number of thioether (sulfide) groups is 1. The second kappa shape index (κ2) is 6.62. The van der Waals surface area contributed by atoms with Gasteiger partial charge >= 0.3 is 0 Å². The molecular formula is C6H8Cl6S. The van der Waals surface area contributed by atoms with Crippen molar-refractivity contribution in [3.05, 3.63) is 0 Å². The van der Waals surface area contributed by atoms with E-state index in [1.807, 2.05) is 0 Å². The summed E-state index contributed by atoms with van der Waals surface area (Å²) in [7, 11) is 0. The Balaban J connectivity index is 3.28. The van der Waals surface area contributed by atoms with Gasteiger partial charge in [-0.05, 0) is 11.5 Å². The summed E-state index contributed by atoms with van der Waals surface area (Å²) < 4.78 is -2.35. The molecule has 0 atom stereocenters. The molecule has 0 heterocycles. The van der Waals surface area contributed by atoms with Crippen LogP contribution in [0, 0.1) is 0 Å². The number of hydrogen-bond donors (Lipinski definition) is 0. The van der Waals surface area contributed by atoms with Gasteiger partial charge in [0, 0.05) is 12.8 Å². The zero-order chi connectivity index (χ0) is 10.5. The van der Waals surface area contributed by atoms with Crippen molar-refractivity contribution in [3.63, 3.8) is 0 Å². The summed E-state index contributed by atoms with van der Waals surface area (Å²) >= 11 is 34.8. The van der Waals surface area contributed by atoms with Crippen LogP contribution in [0.2, 0.25) is 0 Å². The molecule has 0 bridgehead atoms. The molecule has 0 aliphatic heterocycles. The van der Waals surface area contributed by atoms with E-state index in [-0.39, 0.29) is 0 Å². The van der Waals surface area contributed by atoms with Gasteiger partial charge in [-0.3, -0.25) is 0 Å². The molecule has 0 nitrogen and oxygen atoms in total. The highest BCUT2D eigenvalue weighted by molar-refractivity contribution is 7.99. The molecule has 13 heavy (non-hydrogen) atoms. The quantitative estimate of drug-likeness (QED) is 0.503. The smallest absolute Gasteiger partial charge is 0.162 e. The Morgan fingerprint density at radius 3 is 1.23 bits per heavy atom. The molecule has 0 radical (unpaired) electrons. The third kappa shape index (κ3) is 14.1. The van der Waals surface area contributed by atoms with Crippen LogP contribution in [-0.2, 0) is 0 Å². The van der Waals surface area contributed by atoms with Gasteiger partial charge in [-0.2, -0.15) is 11.8 Å². The molecule has 80 valence electrons. The standard InChI is InChI=1S/C6H8Cl6S/c7-5(8,9)1-3-13-4-2-6(10,11)12/h1-4H2. The van der Waals surface area contributed by atoms with E-state index in [9.17, 15) is 0 Å². The minimum absolute atomic E-state index is 0.502. The minimum Gasteiger partial charge on any atom is -0.162 e. The normalized spacial score (nSPS) is 13.4. The Bertz CT molecular complexity index is 121. The molecule has 0 aliphatic carbocycles. The summed E-state index contributed by atoms with van der Waals surface area (Å²) in [6, 6.07) is 0. The highest BCUT2D eigenvalue weighted by atomic mass is 35.6. The molecule has 0 fully saturated rings. The number of rotatable bonds is 4. The first kappa shape index (κ1) is 15.1. The van der Waals surface area contributed by atoms with E-state index in [1.165, 1.54) is 0 Å². The van der Waals surface area contributed by atoms with Crippen molar-refractivity contribution in [1.29, 1.82) is 0 Å². The third-order valence-electron chi connectivity index (χ3n) is 1.06. The van der Waals surface area contributed by atoms with E-state index < -0.39 is 7.59 Å². The van der Waals surface area contributed by atoms with Crippen LogP contribution in [0.3, 0.4) is 0 Å². The Morgan fingerprint density at radius 2 is 1.00 bits per heavy atom. The second-order valence-corrected chi connectivity index (χ2v) is 8.60. The fourth-order valence-electron chi connectivity index (χ4n) is 0.478. The molecule has 0 aromatic rings. The van der Waals surface area contributed by atoms with Crippen molar-refractivity contribution in [2.24, 2.45) is 0 Å². The van der Waals surface area contributed by atoms with E-state index in [0.717, 1.165) is 11.5 Å². The largest absolute Gasteiger partial charge is 0.191 e. The monoisotopic (exact) mass is 322 g/mol. The average Bonchev–Trinajstić information content (AvgIpc) is 1.81. The molecule has 0 rings (SSSR count). The van der Waals surface area contributed by atoms with Gasteiger partial charge in [0.2, 0.25) is 0 Å². The predicted molar refractivity (Wildman–Crippen MR) is 67.1 cm³/mol. The van der Waals surface area contributed by atoms with Gasteiger partial charge in [-0.15, -0.1) is 0 Å². The lowest BCUT2D eigenvalue weighted by Gasteiger charge is -2.11. The van der Waals surface area contributed by atoms with Crippen LogP contribution in [0.25, 0.3) is 0 Å². The van der Waals surface area contributed by atoms with Gasteiger partial charge < -0.3 is 0 Å². The maximum Gasteiger partial charge on any atom is 0.191 e. The molecule has 0 amide bonds. The van der Waals surface area contributed by atoms with Crippen molar-refractivity contribution in [1.82, 2.24) is 0 Å². The fraction of sp³-hybridized carbons (Fsp3) is 1.00. The van der Waals surface area contributed by atoms with Crippen LogP contribution in [0.5, 0.6) is 0 Å². The summed E-state index contributed by atoms with van der Waals surface area (Å²) in [4.78, 5) is 0. The van der Waals surface area contributed by atoms with E-state index in [2.05, 4.69) is 0 Å². The molecule has 0 unspecified atom stereocenters. The molecule has 0 aliphatic rings. The molecule has 0 aromatic carbocycles. The van der Waals surface area contributed by atoms with E-state index in [0.29, 0.717) is 12.8 Å². The SMILES string of the molecule is ClC(Cl)(Cl)CCSCCC(Cl)(Cl)Cl. The van der Waals surface area contributed by atoms with Gasteiger partial charge in [0.1, 0.15) is 0 Å². The van der Waals surface area contributed by atoms with E-state index >= 15 is 0 Å². The van der Waals surface area contributed by atoms with Gasteiger partial charge in [-0.1, -0.05) is 69.6 Å². The summed E-state index contributed by atoms with van der Waals surface area (Å²) in [6.07, 6.45) is 1.00. The van der Waals surface area contributed by atoms with Crippen LogP contribution in [-0.4, -0.2) is 19.1 Å². The van der Waals surface area contributed by atoms with E-state index in [1.54, 1.807) is 11.8 Å². The zero-order valence-electron chi connectivity index (χ0n) is 6.50. The lowest BCUT2D eigenvalue weighted by molar-refractivity contribution is 0.965. The molecular weight excluding hydrogens is 317 g/mol. The van der Waals surface area contributed by atoms with Crippen LogP contribution in [0.1, 0.15) is 12.8 Å². The zero-order valence-corrected chi connectivity index (χ0v) is 11.9. The van der Waals surface area contributed by atoms with Crippen molar-refractivity contribution in [2.45, 2.75) is 20.4 Å². The lowest BCUT2D eigenvalue weighted by Crippen LogP contribution is -2.06. The van der Waals surface area contributed by atoms with Gasteiger partial charge in [-0.25, -0.2) is 0 Å². The summed E-state index contributed by atoms with van der Waals surface area (Å²) in [6.45, 7) is 0. The molecule has 0 aromatic heterocycles. The second-order valence-electron chi connectivity index (χ2n) is 2.34. The first-order valence-electron chi connectivity index (χ1n) is 3.42. The maximum absolute atomic E-state index is 5.54. The van der Waals surface area contributed by atoms with Crippen molar-refractivity contribution >= 4 is 81.4 Å². The van der Waals surface area contributed by atoms with Crippen LogP contribution >= 0.6 is 81.4 Å². The summed E-state index contributed by atoms with van der Waals surface area (Å²) in [5, 5.41) is 0. The first-order valence-corrected chi connectivity index (χ1v) is 6.84. The Morgan fingerprint density at radius 1 is 0.692 bits per heavy atom. The molecule has 0 saturated heterocycles. The van der Waals surface area contributed by atoms with Gasteiger partial charge in [0.15, 0.2) is 7.59 Å². The Hall–Kier alpha value is 2.09. The lowest BCUT2D eigenvalue weighted by atomic mass is 10.5. The molecule has 0 N–H and O–H groups in total. The van der Waals surface area contributed by atoms with E-state index in [4.69, 9.17) is 69.6 Å². The molecule has 0 saturated carbocycles. The van der Waals surface area contributed by atoms with Crippen molar-refractivity contribution in [3.8, 4) is 0 Å². The van der Waals surface area contributed by atoms with Crippen LogP contribution < -0.4 is 0 Å². The highest BCUT2D eigenvalue weighted by Gasteiger charge is 2.20. The first-order chi connectivity index (χ1) is 5.71. The maximum atomic E-state index is 5.54. The van der Waals surface area contributed by atoms with Crippen LogP contribution in [0.15, 0.2) is 0 Å². The number of alkyl halides is 6. The third-order valence-corrected chi connectivity index (χ3v) is 3.18. The number of halogens is 6. The van der Waals surface area contributed by atoms with Crippen molar-refractivity contribution in [2.75, 3.05) is 11.5 Å². The Kier molecular flexibility index (Phi) is 7.69. The molecule has 7 heteroatoms. The topological polar surface area (TPSA) is 0 Å². The molecule has 0 spiro atoms. The van der Waals surface area contributed by atoms with Crippen molar-refractivity contribution < 1.29 is 0 Å². The fourth-order valence-corrected chi connectivity index (χ4v) is 2.82. The predicted octanol–water partition coefficient (Wildman–Crippen LogP) is 5.24. The minimum atomic E-state index is -1.17. The van der Waals surface area contributed by atoms with Crippen LogP contribution in [0.4, 0.5) is 0 Å². The average molecular weight is 325 g/mol. The summed E-state index contributed by atoms with van der Waals surface area (Å²) in [5.41, 5.74) is 0. The summed E-state index contributed by atoms with van der Waals surface area (Å²) in [5.74, 6) is 1.49.